The number of carbonyl (C=O) groups excluding carboxylic acids is 1. The number of rotatable bonds is 6. The molecular weight excluding hydrogens is 480 g/mol. The number of ether oxygens (including phenoxy) is 1. The van der Waals surface area contributed by atoms with E-state index < -0.39 is 0 Å². The summed E-state index contributed by atoms with van der Waals surface area (Å²) in [7, 11) is 0. The predicted molar refractivity (Wildman–Crippen MR) is 147 cm³/mol. The van der Waals surface area contributed by atoms with Crippen molar-refractivity contribution in [2.24, 2.45) is 11.8 Å². The lowest BCUT2D eigenvalue weighted by atomic mass is 9.80. The molecule has 10 nitrogen and oxygen atoms in total. The predicted octanol–water partition coefficient (Wildman–Crippen LogP) is 0.645. The van der Waals surface area contributed by atoms with E-state index in [1.54, 1.807) is 0 Å². The Balaban J connectivity index is 1.00. The second-order valence-corrected chi connectivity index (χ2v) is 12.0. The number of hydrazine groups is 1. The fourth-order valence-electron chi connectivity index (χ4n) is 7.45. The van der Waals surface area contributed by atoms with Crippen molar-refractivity contribution < 1.29 is 9.53 Å². The van der Waals surface area contributed by atoms with Crippen LogP contribution in [0.2, 0.25) is 0 Å². The maximum absolute atomic E-state index is 12.0. The van der Waals surface area contributed by atoms with Gasteiger partial charge >= 0.3 is 0 Å². The smallest absolute Gasteiger partial charge is 0.245 e. The van der Waals surface area contributed by atoms with Crippen LogP contribution in [0.1, 0.15) is 51.9 Å². The normalized spacial score (nSPS) is 39.8. The van der Waals surface area contributed by atoms with Crippen LogP contribution < -0.4 is 32.0 Å². The number of nitrogens with one attached hydrogen (secondary N) is 6. The molecule has 38 heavy (non-hydrogen) atoms. The summed E-state index contributed by atoms with van der Waals surface area (Å²) in [5, 5.41) is 21.0. The van der Waals surface area contributed by atoms with Gasteiger partial charge in [-0.3, -0.25) is 31.1 Å². The number of nitrogens with zero attached hydrogens (tertiary/aromatic N) is 2. The number of allylic oxidation sites excluding steroid dienone is 1. The van der Waals surface area contributed by atoms with Gasteiger partial charge in [0.15, 0.2) is 0 Å². The van der Waals surface area contributed by atoms with Gasteiger partial charge < -0.3 is 15.0 Å². The van der Waals surface area contributed by atoms with Gasteiger partial charge in [0.05, 0.1) is 18.9 Å². The van der Waals surface area contributed by atoms with Crippen LogP contribution in [0.25, 0.3) is 0 Å². The molecule has 0 radical (unpaired) electrons. The van der Waals surface area contributed by atoms with Gasteiger partial charge in [0.25, 0.3) is 0 Å². The second-order valence-electron chi connectivity index (χ2n) is 12.0. The van der Waals surface area contributed by atoms with Gasteiger partial charge in [-0.15, -0.1) is 0 Å². The standard InChI is InChI=1S/C28H46N8O2/c1-3-26(37)35-11-8-19(9-12-35)22-5-6-23-27(34-22)28(31-16-29-23)33-20-4-7-24(18(2)14-20)38-21-10-13-36-25(15-21)30-17-32-36/h3,10,13,15,18-20,22-25,27-34H,1,4-9,11-12,14,16-17H2,2H3. The topological polar surface area (TPSA) is 105 Å². The number of fused-ring (bicyclic) bond motifs is 2. The molecular formula is C28H46N8O2. The summed E-state index contributed by atoms with van der Waals surface area (Å²) < 4.78 is 6.47. The number of hydrogen-bond donors (Lipinski definition) is 6. The molecule has 10 heteroatoms. The Bertz CT molecular complexity index is 919. The third kappa shape index (κ3) is 5.66. The maximum atomic E-state index is 12.0. The Kier molecular flexibility index (Phi) is 8.06. The number of likely N-dealkylation sites (tertiary alicyclic amines) is 1. The van der Waals surface area contributed by atoms with E-state index in [0.717, 1.165) is 64.3 Å². The minimum atomic E-state index is 0.0705. The van der Waals surface area contributed by atoms with Crippen molar-refractivity contribution in [1.82, 2.24) is 41.9 Å². The van der Waals surface area contributed by atoms with Crippen LogP contribution in [-0.2, 0) is 9.53 Å². The zero-order chi connectivity index (χ0) is 26.1. The largest absolute Gasteiger partial charge is 0.490 e. The van der Waals surface area contributed by atoms with Crippen molar-refractivity contribution in [2.45, 2.75) is 94.5 Å². The van der Waals surface area contributed by atoms with Crippen molar-refractivity contribution in [3.63, 3.8) is 0 Å². The van der Waals surface area contributed by atoms with E-state index in [0.29, 0.717) is 36.0 Å². The SMILES string of the molecule is C=CC(=O)N1CCC(C2CCC3NCNC(NC4CCC(OC5=CC6NCNN6C=C5)C(C)C4)C3N2)CC1. The third-order valence-electron chi connectivity index (χ3n) is 9.66. The first-order valence-corrected chi connectivity index (χ1v) is 14.8. The van der Waals surface area contributed by atoms with E-state index in [4.69, 9.17) is 4.74 Å². The Hall–Kier alpha value is -1.95. The summed E-state index contributed by atoms with van der Waals surface area (Å²) in [6, 6.07) is 1.87. The molecule has 5 fully saturated rings. The third-order valence-corrected chi connectivity index (χ3v) is 9.66. The second kappa shape index (κ2) is 11.7. The van der Waals surface area contributed by atoms with Crippen LogP contribution >= 0.6 is 0 Å². The molecule has 0 aromatic rings. The Morgan fingerprint density at radius 1 is 1.08 bits per heavy atom. The zero-order valence-corrected chi connectivity index (χ0v) is 22.7. The lowest BCUT2D eigenvalue weighted by Crippen LogP contribution is -2.74. The van der Waals surface area contributed by atoms with Crippen molar-refractivity contribution in [1.29, 1.82) is 0 Å². The number of hydrogen-bond acceptors (Lipinski definition) is 9. The first-order valence-electron chi connectivity index (χ1n) is 14.8. The van der Waals surface area contributed by atoms with Crippen molar-refractivity contribution in [3.8, 4) is 0 Å². The molecule has 6 aliphatic rings. The first-order chi connectivity index (χ1) is 18.6. The highest BCUT2D eigenvalue weighted by molar-refractivity contribution is 5.87. The quantitative estimate of drug-likeness (QED) is 0.278. The van der Waals surface area contributed by atoms with Crippen molar-refractivity contribution >= 4 is 5.91 Å². The minimum absolute atomic E-state index is 0.0705. The van der Waals surface area contributed by atoms with Crippen molar-refractivity contribution in [2.75, 3.05) is 26.4 Å². The van der Waals surface area contributed by atoms with E-state index in [1.807, 2.05) is 4.90 Å². The van der Waals surface area contributed by atoms with Gasteiger partial charge in [-0.25, -0.2) is 5.43 Å². The molecule has 4 saturated heterocycles. The molecule has 6 rings (SSSR count). The lowest BCUT2D eigenvalue weighted by Gasteiger charge is -2.49. The molecule has 0 spiro atoms. The van der Waals surface area contributed by atoms with Gasteiger partial charge in [0, 0.05) is 44.1 Å². The Labute approximate surface area is 227 Å². The van der Waals surface area contributed by atoms with Crippen LogP contribution in [0.4, 0.5) is 0 Å². The summed E-state index contributed by atoms with van der Waals surface area (Å²) in [6.07, 6.45) is 16.3. The van der Waals surface area contributed by atoms with Crippen molar-refractivity contribution in [3.05, 3.63) is 36.8 Å². The van der Waals surface area contributed by atoms with Gasteiger partial charge in [-0.1, -0.05) is 13.5 Å². The molecule has 1 amide bonds. The monoisotopic (exact) mass is 526 g/mol. The Morgan fingerprint density at radius 3 is 2.74 bits per heavy atom. The van der Waals surface area contributed by atoms with Gasteiger partial charge in [-0.05, 0) is 75.0 Å². The summed E-state index contributed by atoms with van der Waals surface area (Å²) in [6.45, 7) is 9.32. The molecule has 210 valence electrons. The fraction of sp³-hybridized carbons (Fsp3) is 0.750. The molecule has 5 aliphatic heterocycles. The number of piperidine rings is 2. The van der Waals surface area contributed by atoms with E-state index in [2.05, 4.69) is 68.9 Å². The molecule has 1 saturated carbocycles. The molecule has 6 N–H and O–H groups in total. The van der Waals surface area contributed by atoms with Gasteiger partial charge in [0.1, 0.15) is 18.0 Å². The number of amides is 1. The Morgan fingerprint density at radius 2 is 1.92 bits per heavy atom. The van der Waals surface area contributed by atoms with Gasteiger partial charge in [-0.2, -0.15) is 0 Å². The maximum Gasteiger partial charge on any atom is 0.245 e. The molecule has 0 aromatic carbocycles. The summed E-state index contributed by atoms with van der Waals surface area (Å²) in [5.74, 6) is 2.17. The van der Waals surface area contributed by atoms with Crippen LogP contribution in [0.3, 0.4) is 0 Å². The molecule has 5 heterocycles. The van der Waals surface area contributed by atoms with Crippen LogP contribution in [0.15, 0.2) is 36.8 Å². The van der Waals surface area contributed by atoms with Crippen LogP contribution in [0, 0.1) is 11.8 Å². The fourth-order valence-corrected chi connectivity index (χ4v) is 7.45. The van der Waals surface area contributed by atoms with E-state index in [9.17, 15) is 4.79 Å². The van der Waals surface area contributed by atoms with E-state index >= 15 is 0 Å². The molecule has 8 unspecified atom stereocenters. The molecule has 1 aliphatic carbocycles. The average Bonchev–Trinajstić information content (AvgIpc) is 3.42. The summed E-state index contributed by atoms with van der Waals surface area (Å²) in [5.41, 5.74) is 3.28. The van der Waals surface area contributed by atoms with E-state index in [-0.39, 0.29) is 24.3 Å². The number of carbonyl (C=O) groups is 1. The first kappa shape index (κ1) is 26.3. The lowest BCUT2D eigenvalue weighted by molar-refractivity contribution is -0.127. The zero-order valence-electron chi connectivity index (χ0n) is 22.7. The summed E-state index contributed by atoms with van der Waals surface area (Å²) in [4.78, 5) is 13.9. The van der Waals surface area contributed by atoms with Crippen LogP contribution in [0.5, 0.6) is 0 Å². The van der Waals surface area contributed by atoms with E-state index in [1.165, 1.54) is 18.9 Å². The minimum Gasteiger partial charge on any atom is -0.490 e. The molecule has 8 atom stereocenters. The van der Waals surface area contributed by atoms with Crippen LogP contribution in [-0.4, -0.2) is 84.8 Å². The summed E-state index contributed by atoms with van der Waals surface area (Å²) >= 11 is 0. The van der Waals surface area contributed by atoms with Gasteiger partial charge in [0.2, 0.25) is 5.91 Å². The molecule has 0 bridgehead atoms. The highest BCUT2D eigenvalue weighted by Crippen LogP contribution is 2.32. The average molecular weight is 527 g/mol. The highest BCUT2D eigenvalue weighted by Gasteiger charge is 2.42. The highest BCUT2D eigenvalue weighted by atomic mass is 16.5. The molecule has 0 aromatic heterocycles.